The third-order valence-corrected chi connectivity index (χ3v) is 4.68. The molecule has 1 heterocycles. The molecule has 4 heteroatoms. The van der Waals surface area contributed by atoms with Crippen molar-refractivity contribution in [2.75, 3.05) is 13.1 Å². The average Bonchev–Trinajstić information content (AvgIpc) is 2.43. The number of hydrogen-bond donors (Lipinski definition) is 1. The number of nitrogens with one attached hydrogen (secondary N) is 1. The second-order valence-electron chi connectivity index (χ2n) is 6.24. The molecule has 110 valence electrons. The third-order valence-electron chi connectivity index (χ3n) is 4.68. The molecule has 0 amide bonds. The molecule has 1 atom stereocenters. The summed E-state index contributed by atoms with van der Waals surface area (Å²) in [5.41, 5.74) is -0.179. The van der Waals surface area contributed by atoms with Crippen molar-refractivity contribution in [3.63, 3.8) is 0 Å². The van der Waals surface area contributed by atoms with Crippen LogP contribution in [-0.2, 0) is 4.74 Å². The lowest BCUT2D eigenvalue weighted by Crippen LogP contribution is -2.52. The third kappa shape index (κ3) is 2.59. The molecule has 1 aliphatic heterocycles. The van der Waals surface area contributed by atoms with Gasteiger partial charge in [0.2, 0.25) is 0 Å². The maximum atomic E-state index is 13.9. The molecule has 1 aliphatic carbocycles. The number of rotatable bonds is 1. The first-order valence-electron chi connectivity index (χ1n) is 7.42. The summed E-state index contributed by atoms with van der Waals surface area (Å²) in [6.07, 6.45) is 3.64. The Bertz CT molecular complexity index is 463. The maximum absolute atomic E-state index is 13.9. The highest BCUT2D eigenvalue weighted by Crippen LogP contribution is 2.40. The van der Waals surface area contributed by atoms with Gasteiger partial charge < -0.3 is 10.1 Å². The minimum absolute atomic E-state index is 0.0673. The van der Waals surface area contributed by atoms with Gasteiger partial charge in [0.25, 0.3) is 0 Å². The lowest BCUT2D eigenvalue weighted by atomic mass is 9.78. The van der Waals surface area contributed by atoms with E-state index in [0.29, 0.717) is 6.54 Å². The summed E-state index contributed by atoms with van der Waals surface area (Å²) in [4.78, 5) is 0. The van der Waals surface area contributed by atoms with Crippen LogP contribution < -0.4 is 5.32 Å². The largest absolute Gasteiger partial charge is 0.364 e. The van der Waals surface area contributed by atoms with E-state index >= 15 is 0 Å². The van der Waals surface area contributed by atoms with Crippen LogP contribution in [0.3, 0.4) is 0 Å². The second kappa shape index (κ2) is 5.41. The Morgan fingerprint density at radius 3 is 2.50 bits per heavy atom. The Morgan fingerprint density at radius 2 is 1.85 bits per heavy atom. The van der Waals surface area contributed by atoms with Gasteiger partial charge in [-0.15, -0.1) is 0 Å². The van der Waals surface area contributed by atoms with Crippen molar-refractivity contribution in [3.05, 3.63) is 35.4 Å². The van der Waals surface area contributed by atoms with E-state index in [9.17, 15) is 8.78 Å². The maximum Gasteiger partial charge on any atom is 0.132 e. The van der Waals surface area contributed by atoms with Gasteiger partial charge in [-0.05, 0) is 43.7 Å². The average molecular weight is 281 g/mol. The minimum Gasteiger partial charge on any atom is -0.364 e. The summed E-state index contributed by atoms with van der Waals surface area (Å²) in [6, 6.07) is 3.99. The molecule has 1 N–H and O–H groups in total. The zero-order valence-corrected chi connectivity index (χ0v) is 11.8. The van der Waals surface area contributed by atoms with E-state index in [1.54, 1.807) is 0 Å². The first-order chi connectivity index (χ1) is 9.60. The molecule has 20 heavy (non-hydrogen) atoms. The number of hydrogen-bond acceptors (Lipinski definition) is 2. The first-order valence-corrected chi connectivity index (χ1v) is 7.42. The Morgan fingerprint density at radius 1 is 1.20 bits per heavy atom. The van der Waals surface area contributed by atoms with E-state index < -0.39 is 17.7 Å². The zero-order valence-electron chi connectivity index (χ0n) is 11.8. The topological polar surface area (TPSA) is 21.3 Å². The van der Waals surface area contributed by atoms with Gasteiger partial charge in [0, 0.05) is 13.1 Å². The molecule has 1 saturated heterocycles. The Balaban J connectivity index is 1.82. The molecular weight excluding hydrogens is 260 g/mol. The number of ether oxygens (including phenoxy) is 1. The van der Waals surface area contributed by atoms with E-state index in [0.717, 1.165) is 38.1 Å². The number of benzene rings is 1. The minimum atomic E-state index is -0.529. The highest BCUT2D eigenvalue weighted by molar-refractivity contribution is 5.23. The number of halogens is 2. The Labute approximate surface area is 118 Å². The van der Waals surface area contributed by atoms with Crippen LogP contribution >= 0.6 is 0 Å². The van der Waals surface area contributed by atoms with Crippen molar-refractivity contribution in [1.82, 2.24) is 5.32 Å². The van der Waals surface area contributed by atoms with Crippen molar-refractivity contribution in [2.24, 2.45) is 5.92 Å². The normalized spacial score (nSPS) is 34.4. The fourth-order valence-electron chi connectivity index (χ4n) is 3.38. The van der Waals surface area contributed by atoms with Crippen molar-refractivity contribution in [1.29, 1.82) is 0 Å². The van der Waals surface area contributed by atoms with Crippen LogP contribution in [0.15, 0.2) is 18.2 Å². The van der Waals surface area contributed by atoms with Gasteiger partial charge in [0.15, 0.2) is 0 Å². The fraction of sp³-hybridized carbons (Fsp3) is 0.625. The molecule has 3 rings (SSSR count). The van der Waals surface area contributed by atoms with Crippen LogP contribution in [0.2, 0.25) is 0 Å². The summed E-state index contributed by atoms with van der Waals surface area (Å²) in [5, 5.41) is 3.30. The highest BCUT2D eigenvalue weighted by Gasteiger charge is 2.41. The summed E-state index contributed by atoms with van der Waals surface area (Å²) >= 11 is 0. The van der Waals surface area contributed by atoms with Crippen molar-refractivity contribution >= 4 is 0 Å². The summed E-state index contributed by atoms with van der Waals surface area (Å²) in [6.45, 7) is 3.50. The van der Waals surface area contributed by atoms with Crippen molar-refractivity contribution in [2.45, 2.75) is 44.3 Å². The van der Waals surface area contributed by atoms with E-state index in [4.69, 9.17) is 4.74 Å². The molecule has 1 unspecified atom stereocenters. The van der Waals surface area contributed by atoms with E-state index in [2.05, 4.69) is 12.2 Å². The standard InChI is InChI=1S/C16H21F2NO/c1-11-5-7-16(8-6-11)10-19-9-14(20-16)15-12(17)3-2-4-13(15)18/h2-4,11,14,19H,5-10H2,1H3. The van der Waals surface area contributed by atoms with Crippen LogP contribution in [0.5, 0.6) is 0 Å². The van der Waals surface area contributed by atoms with Crippen LogP contribution in [-0.4, -0.2) is 18.7 Å². The predicted octanol–water partition coefficient (Wildman–Crippen LogP) is 3.57. The van der Waals surface area contributed by atoms with Crippen LogP contribution in [0, 0.1) is 17.6 Å². The lowest BCUT2D eigenvalue weighted by molar-refractivity contribution is -0.142. The van der Waals surface area contributed by atoms with Crippen molar-refractivity contribution in [3.8, 4) is 0 Å². The second-order valence-corrected chi connectivity index (χ2v) is 6.24. The molecular formula is C16H21F2NO. The van der Waals surface area contributed by atoms with E-state index in [-0.39, 0.29) is 11.2 Å². The number of morpholine rings is 1. The Hall–Kier alpha value is -1.00. The molecule has 1 aromatic carbocycles. The zero-order chi connectivity index (χ0) is 14.2. The smallest absolute Gasteiger partial charge is 0.132 e. The molecule has 1 saturated carbocycles. The molecule has 1 spiro atoms. The quantitative estimate of drug-likeness (QED) is 0.849. The van der Waals surface area contributed by atoms with Gasteiger partial charge in [0.05, 0.1) is 11.2 Å². The fourth-order valence-corrected chi connectivity index (χ4v) is 3.38. The lowest BCUT2D eigenvalue weighted by Gasteiger charge is -2.45. The highest BCUT2D eigenvalue weighted by atomic mass is 19.1. The van der Waals surface area contributed by atoms with Crippen LogP contribution in [0.4, 0.5) is 8.78 Å². The van der Waals surface area contributed by atoms with Crippen molar-refractivity contribution < 1.29 is 13.5 Å². The van der Waals surface area contributed by atoms with E-state index in [1.807, 2.05) is 0 Å². The van der Waals surface area contributed by atoms with Gasteiger partial charge in [0.1, 0.15) is 17.7 Å². The van der Waals surface area contributed by atoms with Gasteiger partial charge in [-0.25, -0.2) is 8.78 Å². The summed E-state index contributed by atoms with van der Waals surface area (Å²) in [7, 11) is 0. The van der Waals surface area contributed by atoms with Gasteiger partial charge in [-0.2, -0.15) is 0 Å². The first kappa shape index (κ1) is 14.0. The summed E-state index contributed by atoms with van der Waals surface area (Å²) in [5.74, 6) is -0.314. The molecule has 0 aromatic heterocycles. The van der Waals surface area contributed by atoms with Crippen LogP contribution in [0.25, 0.3) is 0 Å². The summed E-state index contributed by atoms with van der Waals surface area (Å²) < 4.78 is 34.0. The van der Waals surface area contributed by atoms with Gasteiger partial charge >= 0.3 is 0 Å². The van der Waals surface area contributed by atoms with Gasteiger partial charge in [-0.3, -0.25) is 0 Å². The predicted molar refractivity (Wildman–Crippen MR) is 73.4 cm³/mol. The monoisotopic (exact) mass is 281 g/mol. The van der Waals surface area contributed by atoms with Gasteiger partial charge in [-0.1, -0.05) is 13.0 Å². The Kier molecular flexibility index (Phi) is 3.78. The molecule has 0 radical (unpaired) electrons. The van der Waals surface area contributed by atoms with Crippen LogP contribution in [0.1, 0.15) is 44.3 Å². The molecule has 2 aliphatic rings. The molecule has 0 bridgehead atoms. The van der Waals surface area contributed by atoms with E-state index in [1.165, 1.54) is 18.2 Å². The molecule has 2 fully saturated rings. The SMILES string of the molecule is CC1CCC2(CC1)CNCC(c1c(F)cccc1F)O2. The molecule has 1 aromatic rings. The molecule has 2 nitrogen and oxygen atoms in total.